The van der Waals surface area contributed by atoms with Gasteiger partial charge in [0.05, 0.1) is 25.0 Å². The van der Waals surface area contributed by atoms with Gasteiger partial charge in [0, 0.05) is 48.2 Å². The first-order valence-corrected chi connectivity index (χ1v) is 10.4. The van der Waals surface area contributed by atoms with E-state index in [2.05, 4.69) is 26.4 Å². The summed E-state index contributed by atoms with van der Waals surface area (Å²) in [7, 11) is 3.49. The zero-order chi connectivity index (χ0) is 22.9. The summed E-state index contributed by atoms with van der Waals surface area (Å²) in [5.74, 6) is -0.443. The number of aromatic amines is 1. The van der Waals surface area contributed by atoms with Gasteiger partial charge in [0.1, 0.15) is 23.0 Å². The van der Waals surface area contributed by atoms with Crippen molar-refractivity contribution in [1.82, 2.24) is 19.7 Å². The molecular formula is C25H21F2N5O. The van der Waals surface area contributed by atoms with E-state index in [1.54, 1.807) is 18.0 Å². The molecule has 166 valence electrons. The van der Waals surface area contributed by atoms with Gasteiger partial charge in [-0.25, -0.2) is 13.8 Å². The highest BCUT2D eigenvalue weighted by atomic mass is 19.1. The van der Waals surface area contributed by atoms with E-state index in [0.29, 0.717) is 5.56 Å². The topological polar surface area (TPSA) is 67.8 Å². The quantitative estimate of drug-likeness (QED) is 0.364. The zero-order valence-electron chi connectivity index (χ0n) is 18.1. The maximum Gasteiger partial charge on any atom is 0.141 e. The van der Waals surface area contributed by atoms with E-state index in [0.717, 1.165) is 50.9 Å². The Kier molecular flexibility index (Phi) is 5.26. The number of methoxy groups -OCH3 is 1. The van der Waals surface area contributed by atoms with Gasteiger partial charge in [0.2, 0.25) is 0 Å². The minimum atomic E-state index is -0.604. The van der Waals surface area contributed by atoms with Crippen molar-refractivity contribution >= 4 is 16.7 Å². The van der Waals surface area contributed by atoms with Gasteiger partial charge >= 0.3 is 0 Å². The first-order valence-electron chi connectivity index (χ1n) is 10.4. The molecule has 8 heteroatoms. The van der Waals surface area contributed by atoms with Crippen molar-refractivity contribution < 1.29 is 13.5 Å². The van der Waals surface area contributed by atoms with E-state index in [1.807, 2.05) is 43.7 Å². The molecule has 5 aromatic rings. The number of ether oxygens (including phenoxy) is 1. The van der Waals surface area contributed by atoms with Gasteiger partial charge in [-0.2, -0.15) is 5.10 Å². The number of nitrogens with zero attached hydrogens (tertiary/aromatic N) is 3. The Morgan fingerprint density at radius 2 is 1.85 bits per heavy atom. The number of nitrogens with one attached hydrogen (secondary N) is 2. The standard InChI is InChI=1S/C25H21F2N5O/c1-28-23-10-16(3-4-24(23)33-2)17-9-20-21(13-30-25(20)29-12-17)22-5-6-32(31-22)14-15-7-18(26)11-19(27)8-15/h3-13,28H,14H2,1-2H3,(H,29,30). The Bertz CT molecular complexity index is 1440. The number of pyridine rings is 1. The Morgan fingerprint density at radius 3 is 2.61 bits per heavy atom. The van der Waals surface area contributed by atoms with Gasteiger partial charge in [-0.15, -0.1) is 0 Å². The molecule has 0 spiro atoms. The van der Waals surface area contributed by atoms with Crippen molar-refractivity contribution in [2.45, 2.75) is 6.54 Å². The normalized spacial score (nSPS) is 11.2. The lowest BCUT2D eigenvalue weighted by Gasteiger charge is -2.10. The van der Waals surface area contributed by atoms with E-state index in [-0.39, 0.29) is 6.54 Å². The highest BCUT2D eigenvalue weighted by molar-refractivity contribution is 5.95. The van der Waals surface area contributed by atoms with Crippen molar-refractivity contribution in [2.24, 2.45) is 0 Å². The van der Waals surface area contributed by atoms with Crippen LogP contribution in [0.15, 0.2) is 67.1 Å². The Labute approximate surface area is 188 Å². The number of H-pyrrole nitrogens is 1. The number of rotatable bonds is 6. The summed E-state index contributed by atoms with van der Waals surface area (Å²) in [5, 5.41) is 8.68. The first kappa shape index (κ1) is 20.7. The molecule has 2 aromatic carbocycles. The molecule has 3 aromatic heterocycles. The second-order valence-electron chi connectivity index (χ2n) is 7.66. The van der Waals surface area contributed by atoms with Gasteiger partial charge < -0.3 is 15.0 Å². The van der Waals surface area contributed by atoms with Crippen molar-refractivity contribution in [3.8, 4) is 28.1 Å². The largest absolute Gasteiger partial charge is 0.495 e. The minimum Gasteiger partial charge on any atom is -0.495 e. The maximum absolute atomic E-state index is 13.5. The zero-order valence-corrected chi connectivity index (χ0v) is 18.1. The number of halogens is 2. The van der Waals surface area contributed by atoms with E-state index in [9.17, 15) is 8.78 Å². The van der Waals surface area contributed by atoms with Gasteiger partial charge in [-0.05, 0) is 47.5 Å². The minimum absolute atomic E-state index is 0.263. The highest BCUT2D eigenvalue weighted by Crippen LogP contribution is 2.33. The SMILES string of the molecule is CNc1cc(-c2cnc3[nH]cc(-c4ccn(Cc5cc(F)cc(F)c5)n4)c3c2)ccc1OC. The molecule has 33 heavy (non-hydrogen) atoms. The summed E-state index contributed by atoms with van der Waals surface area (Å²) in [6.45, 7) is 0.263. The fourth-order valence-corrected chi connectivity index (χ4v) is 3.94. The van der Waals surface area contributed by atoms with Crippen LogP contribution in [0.5, 0.6) is 5.75 Å². The third kappa shape index (κ3) is 4.03. The summed E-state index contributed by atoms with van der Waals surface area (Å²) in [4.78, 5) is 7.76. The third-order valence-corrected chi connectivity index (χ3v) is 5.52. The number of anilines is 1. The molecule has 0 atom stereocenters. The Morgan fingerprint density at radius 1 is 1.03 bits per heavy atom. The third-order valence-electron chi connectivity index (χ3n) is 5.52. The van der Waals surface area contributed by atoms with Crippen LogP contribution in [0.25, 0.3) is 33.4 Å². The Balaban J connectivity index is 1.49. The molecule has 0 aliphatic carbocycles. The number of aromatic nitrogens is 4. The first-order chi connectivity index (χ1) is 16.0. The second kappa shape index (κ2) is 8.38. The predicted molar refractivity (Wildman–Crippen MR) is 124 cm³/mol. The second-order valence-corrected chi connectivity index (χ2v) is 7.66. The number of fused-ring (bicyclic) bond motifs is 1. The van der Waals surface area contributed by atoms with Crippen LogP contribution in [0.3, 0.4) is 0 Å². The van der Waals surface area contributed by atoms with Crippen molar-refractivity contribution in [3.05, 3.63) is 84.3 Å². The smallest absolute Gasteiger partial charge is 0.141 e. The Hall–Kier alpha value is -4.20. The molecule has 0 amide bonds. The van der Waals surface area contributed by atoms with Crippen LogP contribution in [0.2, 0.25) is 0 Å². The summed E-state index contributed by atoms with van der Waals surface area (Å²) < 4.78 is 34.1. The molecule has 0 saturated carbocycles. The van der Waals surface area contributed by atoms with Gasteiger partial charge in [-0.3, -0.25) is 4.68 Å². The predicted octanol–water partition coefficient (Wildman–Crippen LogP) is 5.47. The lowest BCUT2D eigenvalue weighted by molar-refractivity contribution is 0.416. The molecule has 2 N–H and O–H groups in total. The molecule has 5 rings (SSSR count). The van der Waals surface area contributed by atoms with Gasteiger partial charge in [0.25, 0.3) is 0 Å². The molecule has 3 heterocycles. The lowest BCUT2D eigenvalue weighted by atomic mass is 10.0. The van der Waals surface area contributed by atoms with Crippen molar-refractivity contribution in [1.29, 1.82) is 0 Å². The van der Waals surface area contributed by atoms with Crippen LogP contribution in [0.4, 0.5) is 14.5 Å². The summed E-state index contributed by atoms with van der Waals surface area (Å²) in [6, 6.07) is 13.3. The van der Waals surface area contributed by atoms with Crippen LogP contribution < -0.4 is 10.1 Å². The number of hydrogen-bond donors (Lipinski definition) is 2. The summed E-state index contributed by atoms with van der Waals surface area (Å²) in [6.07, 6.45) is 5.47. The van der Waals surface area contributed by atoms with E-state index in [4.69, 9.17) is 4.74 Å². The molecule has 0 aliphatic heterocycles. The summed E-state index contributed by atoms with van der Waals surface area (Å²) >= 11 is 0. The van der Waals surface area contributed by atoms with E-state index >= 15 is 0 Å². The van der Waals surface area contributed by atoms with Crippen LogP contribution in [0.1, 0.15) is 5.56 Å². The number of hydrogen-bond acceptors (Lipinski definition) is 4. The average molecular weight is 445 g/mol. The van der Waals surface area contributed by atoms with Crippen molar-refractivity contribution in [3.63, 3.8) is 0 Å². The molecule has 0 fully saturated rings. The fourth-order valence-electron chi connectivity index (χ4n) is 3.94. The van der Waals surface area contributed by atoms with Crippen LogP contribution >= 0.6 is 0 Å². The van der Waals surface area contributed by atoms with E-state index < -0.39 is 11.6 Å². The molecular weight excluding hydrogens is 424 g/mol. The highest BCUT2D eigenvalue weighted by Gasteiger charge is 2.13. The molecule has 0 unspecified atom stereocenters. The average Bonchev–Trinajstić information content (AvgIpc) is 3.44. The monoisotopic (exact) mass is 445 g/mol. The van der Waals surface area contributed by atoms with Crippen LogP contribution in [0, 0.1) is 11.6 Å². The molecule has 0 saturated heterocycles. The molecule has 6 nitrogen and oxygen atoms in total. The van der Waals surface area contributed by atoms with Crippen molar-refractivity contribution in [2.75, 3.05) is 19.5 Å². The van der Waals surface area contributed by atoms with Crippen LogP contribution in [-0.2, 0) is 6.54 Å². The maximum atomic E-state index is 13.5. The number of benzene rings is 2. The summed E-state index contributed by atoms with van der Waals surface area (Å²) in [5.41, 5.74) is 5.73. The lowest BCUT2D eigenvalue weighted by Crippen LogP contribution is -2.01. The van der Waals surface area contributed by atoms with Crippen LogP contribution in [-0.4, -0.2) is 33.9 Å². The molecule has 0 bridgehead atoms. The van der Waals surface area contributed by atoms with E-state index in [1.165, 1.54) is 12.1 Å². The molecule has 0 aliphatic rings. The fraction of sp³-hybridized carbons (Fsp3) is 0.120. The molecule has 0 radical (unpaired) electrons. The van der Waals surface area contributed by atoms with Gasteiger partial charge in [0.15, 0.2) is 0 Å². The van der Waals surface area contributed by atoms with Gasteiger partial charge in [-0.1, -0.05) is 6.07 Å².